The average Bonchev–Trinajstić information content (AvgIpc) is 3.01. The number of aliphatic hydroxyl groups excluding tert-OH is 1. The van der Waals surface area contributed by atoms with Crippen LogP contribution in [0.25, 0.3) is 0 Å². The molecule has 6 nitrogen and oxygen atoms in total. The van der Waals surface area contributed by atoms with E-state index in [1.54, 1.807) is 12.1 Å². The number of hydrogen-bond donors (Lipinski definition) is 2. The number of amides is 1. The van der Waals surface area contributed by atoms with Crippen molar-refractivity contribution in [2.75, 3.05) is 6.61 Å². The number of fused-ring (bicyclic) bond motifs is 3. The number of hydrogen-bond acceptors (Lipinski definition) is 5. The van der Waals surface area contributed by atoms with Gasteiger partial charge in [0, 0.05) is 35.2 Å². The zero-order valence-corrected chi connectivity index (χ0v) is 18.8. The molecule has 1 amide bonds. The van der Waals surface area contributed by atoms with Gasteiger partial charge in [0.2, 0.25) is 5.91 Å². The maximum absolute atomic E-state index is 11.6. The summed E-state index contributed by atoms with van der Waals surface area (Å²) in [5.74, 6) is 0.936. The lowest BCUT2D eigenvalue weighted by molar-refractivity contribution is 0.1000. The van der Waals surface area contributed by atoms with Crippen molar-refractivity contribution in [2.24, 2.45) is 10.7 Å². The molecule has 2 aliphatic rings. The number of aliphatic imine (C=N–C) groups is 1. The van der Waals surface area contributed by atoms with Gasteiger partial charge in [-0.3, -0.25) is 9.79 Å². The predicted molar refractivity (Wildman–Crippen MR) is 120 cm³/mol. The lowest BCUT2D eigenvalue weighted by Crippen LogP contribution is -2.35. The van der Waals surface area contributed by atoms with Crippen LogP contribution in [0.3, 0.4) is 0 Å². The number of ether oxygens (including phenoxy) is 2. The molecule has 1 unspecified atom stereocenters. The Morgan fingerprint density at radius 1 is 1.29 bits per heavy atom. The van der Waals surface area contributed by atoms with Crippen molar-refractivity contribution in [3.63, 3.8) is 0 Å². The number of rotatable bonds is 5. The Kier molecular flexibility index (Phi) is 5.09. The largest absolute Gasteiger partial charge is 0.490 e. The molecule has 2 aliphatic heterocycles. The van der Waals surface area contributed by atoms with Gasteiger partial charge in [-0.2, -0.15) is 0 Å². The predicted octanol–water partition coefficient (Wildman–Crippen LogP) is 3.76. The molecule has 31 heavy (non-hydrogen) atoms. The Morgan fingerprint density at radius 3 is 2.71 bits per heavy atom. The van der Waals surface area contributed by atoms with Crippen LogP contribution < -0.4 is 15.2 Å². The average molecular weight is 423 g/mol. The second-order valence-electron chi connectivity index (χ2n) is 9.47. The summed E-state index contributed by atoms with van der Waals surface area (Å²) in [6.07, 6.45) is 0.445. The molecule has 2 aromatic rings. The molecule has 4 rings (SSSR count). The van der Waals surface area contributed by atoms with Crippen LogP contribution in [-0.2, 0) is 12.8 Å². The quantitative estimate of drug-likeness (QED) is 0.767. The van der Waals surface area contributed by atoms with E-state index in [9.17, 15) is 9.90 Å². The van der Waals surface area contributed by atoms with Crippen LogP contribution in [0.5, 0.6) is 11.5 Å². The van der Waals surface area contributed by atoms with Gasteiger partial charge in [0.15, 0.2) is 11.5 Å². The van der Waals surface area contributed by atoms with Crippen molar-refractivity contribution in [1.82, 2.24) is 0 Å². The van der Waals surface area contributed by atoms with Crippen molar-refractivity contribution < 1.29 is 19.4 Å². The molecular weight excluding hydrogens is 392 g/mol. The summed E-state index contributed by atoms with van der Waals surface area (Å²) in [6.45, 7) is 10.4. The fourth-order valence-electron chi connectivity index (χ4n) is 4.55. The normalized spacial score (nSPS) is 20.3. The topological polar surface area (TPSA) is 94.1 Å². The summed E-state index contributed by atoms with van der Waals surface area (Å²) < 4.78 is 12.2. The van der Waals surface area contributed by atoms with Crippen LogP contribution in [0.1, 0.15) is 73.3 Å². The fraction of sp³-hybridized carbons (Fsp3) is 0.440. The van der Waals surface area contributed by atoms with Gasteiger partial charge in [-0.25, -0.2) is 0 Å². The Bertz CT molecular complexity index is 1090. The van der Waals surface area contributed by atoms with E-state index in [-0.39, 0.29) is 5.60 Å². The fourth-order valence-corrected chi connectivity index (χ4v) is 4.55. The zero-order chi connectivity index (χ0) is 22.6. The molecule has 2 heterocycles. The van der Waals surface area contributed by atoms with Crippen LogP contribution in [-0.4, -0.2) is 34.5 Å². The van der Waals surface area contributed by atoms with E-state index in [4.69, 9.17) is 20.2 Å². The number of benzene rings is 2. The van der Waals surface area contributed by atoms with Crippen molar-refractivity contribution in [3.05, 3.63) is 58.1 Å². The highest BCUT2D eigenvalue weighted by Gasteiger charge is 2.43. The number of aliphatic hydroxyl groups is 1. The number of nitrogens with zero attached hydrogens (tertiary/aromatic N) is 1. The van der Waals surface area contributed by atoms with Crippen LogP contribution in [0.15, 0.2) is 35.3 Å². The highest BCUT2D eigenvalue weighted by atomic mass is 16.5. The van der Waals surface area contributed by atoms with E-state index in [0.717, 1.165) is 33.7 Å². The molecule has 0 spiro atoms. The van der Waals surface area contributed by atoms with Gasteiger partial charge in [0.05, 0.1) is 12.1 Å². The van der Waals surface area contributed by atoms with E-state index in [1.807, 2.05) is 52.8 Å². The molecule has 0 bridgehead atoms. The third-order valence-electron chi connectivity index (χ3n) is 5.91. The van der Waals surface area contributed by atoms with Crippen LogP contribution in [0, 0.1) is 0 Å². The van der Waals surface area contributed by atoms with Crippen LogP contribution in [0.4, 0.5) is 0 Å². The van der Waals surface area contributed by atoms with Crippen molar-refractivity contribution in [3.8, 4) is 11.5 Å². The van der Waals surface area contributed by atoms with E-state index in [0.29, 0.717) is 30.8 Å². The van der Waals surface area contributed by atoms with Gasteiger partial charge in [0.1, 0.15) is 11.7 Å². The van der Waals surface area contributed by atoms with Gasteiger partial charge >= 0.3 is 0 Å². The summed E-state index contributed by atoms with van der Waals surface area (Å²) in [5, 5.41) is 11.2. The smallest absolute Gasteiger partial charge is 0.248 e. The Labute approximate surface area is 183 Å². The van der Waals surface area contributed by atoms with Crippen molar-refractivity contribution in [1.29, 1.82) is 0 Å². The second kappa shape index (κ2) is 7.38. The summed E-state index contributed by atoms with van der Waals surface area (Å²) >= 11 is 0. The molecule has 3 N–H and O–H groups in total. The first-order valence-electron chi connectivity index (χ1n) is 10.7. The Hall–Kier alpha value is -2.86. The van der Waals surface area contributed by atoms with Crippen molar-refractivity contribution >= 4 is 11.6 Å². The highest BCUT2D eigenvalue weighted by Crippen LogP contribution is 2.50. The van der Waals surface area contributed by atoms with Gasteiger partial charge < -0.3 is 20.3 Å². The van der Waals surface area contributed by atoms with Gasteiger partial charge in [-0.1, -0.05) is 12.1 Å². The Morgan fingerprint density at radius 2 is 2.03 bits per heavy atom. The minimum Gasteiger partial charge on any atom is -0.490 e. The SMILES string of the molecule is CCOc1cc2c(c3c1OC(C)(C)C3)C(Cc1cccc(C(N)=O)c1)=NC(C)(C)C2O. The van der Waals surface area contributed by atoms with Crippen LogP contribution >= 0.6 is 0 Å². The number of carbonyl (C=O) groups is 1. The minimum atomic E-state index is -0.767. The zero-order valence-electron chi connectivity index (χ0n) is 18.8. The summed E-state index contributed by atoms with van der Waals surface area (Å²) in [4.78, 5) is 16.6. The van der Waals surface area contributed by atoms with E-state index in [2.05, 4.69) is 0 Å². The lowest BCUT2D eigenvalue weighted by Gasteiger charge is -2.35. The first kappa shape index (κ1) is 21.4. The molecule has 0 fully saturated rings. The third-order valence-corrected chi connectivity index (χ3v) is 5.91. The molecule has 0 aromatic heterocycles. The van der Waals surface area contributed by atoms with Crippen molar-refractivity contribution in [2.45, 2.75) is 64.7 Å². The molecule has 0 aliphatic carbocycles. The standard InChI is InChI=1S/C25H30N2O4/c1-6-30-19-12-16-20(17-13-24(2,3)31-21(17)19)18(27-25(4,5)22(16)28)11-14-8-7-9-15(10-14)23(26)29/h7-10,12,22,28H,6,11,13H2,1-5H3,(H2,26,29). The van der Waals surface area contributed by atoms with E-state index >= 15 is 0 Å². The number of carbonyl (C=O) groups excluding carboxylic acids is 1. The summed E-state index contributed by atoms with van der Waals surface area (Å²) in [7, 11) is 0. The molecule has 2 aromatic carbocycles. The summed E-state index contributed by atoms with van der Waals surface area (Å²) in [6, 6.07) is 9.20. The molecular formula is C25H30N2O4. The number of nitrogens with two attached hydrogens (primary N) is 1. The second-order valence-corrected chi connectivity index (χ2v) is 9.47. The molecule has 0 saturated heterocycles. The molecule has 6 heteroatoms. The van der Waals surface area contributed by atoms with E-state index in [1.165, 1.54) is 0 Å². The lowest BCUT2D eigenvalue weighted by atomic mass is 9.79. The Balaban J connectivity index is 1.89. The van der Waals surface area contributed by atoms with Gasteiger partial charge in [-0.15, -0.1) is 0 Å². The maximum Gasteiger partial charge on any atom is 0.248 e. The van der Waals surface area contributed by atoms with Gasteiger partial charge in [0.25, 0.3) is 0 Å². The number of primary amides is 1. The third kappa shape index (κ3) is 3.81. The molecule has 1 atom stereocenters. The summed E-state index contributed by atoms with van der Waals surface area (Å²) in [5.41, 5.74) is 9.43. The monoisotopic (exact) mass is 422 g/mol. The van der Waals surface area contributed by atoms with E-state index < -0.39 is 17.6 Å². The first-order chi connectivity index (χ1) is 14.5. The highest BCUT2D eigenvalue weighted by molar-refractivity contribution is 6.07. The maximum atomic E-state index is 11.6. The molecule has 0 saturated carbocycles. The molecule has 164 valence electrons. The van der Waals surface area contributed by atoms with Gasteiger partial charge in [-0.05, 0) is 63.9 Å². The minimum absolute atomic E-state index is 0.377. The molecule has 0 radical (unpaired) electrons. The van der Waals surface area contributed by atoms with Crippen LogP contribution in [0.2, 0.25) is 0 Å². The first-order valence-corrected chi connectivity index (χ1v) is 10.7.